The first-order valence-corrected chi connectivity index (χ1v) is 8.56. The van der Waals surface area contributed by atoms with Gasteiger partial charge < -0.3 is 19.3 Å². The van der Waals surface area contributed by atoms with E-state index in [1.807, 2.05) is 6.92 Å². The van der Waals surface area contributed by atoms with Crippen molar-refractivity contribution in [3.63, 3.8) is 0 Å². The summed E-state index contributed by atoms with van der Waals surface area (Å²) >= 11 is 0. The summed E-state index contributed by atoms with van der Waals surface area (Å²) in [7, 11) is 1.58. The average Bonchev–Trinajstić information content (AvgIpc) is 3.04. The summed E-state index contributed by atoms with van der Waals surface area (Å²) < 4.78 is 16.0. The van der Waals surface area contributed by atoms with Crippen molar-refractivity contribution in [1.82, 2.24) is 10.5 Å². The van der Waals surface area contributed by atoms with Crippen LogP contribution in [0.25, 0.3) is 0 Å². The number of rotatable bonds is 6. The van der Waals surface area contributed by atoms with Crippen LogP contribution in [0.15, 0.2) is 10.6 Å². The Morgan fingerprint density at radius 2 is 2.22 bits per heavy atom. The Labute approximate surface area is 136 Å². The molecule has 1 amide bonds. The highest BCUT2D eigenvalue weighted by Crippen LogP contribution is 2.53. The molecule has 6 nitrogen and oxygen atoms in total. The lowest BCUT2D eigenvalue weighted by Crippen LogP contribution is -2.65. The van der Waals surface area contributed by atoms with Gasteiger partial charge in [0.05, 0.1) is 6.10 Å². The summed E-state index contributed by atoms with van der Waals surface area (Å²) in [5.74, 6) is 0.395. The molecule has 1 aromatic rings. The molecule has 0 saturated heterocycles. The average molecular weight is 322 g/mol. The molecular formula is C17H26N2O4. The standard InChI is InChI=1S/C17H26N2O4/c1-3-22-15-10-14(17(15)7-5-4-6-8-17)18-16(20)13-9-12(11-21-2)23-19-13/h9,14-15H,3-8,10-11H2,1-2H3,(H,18,20)/t14-,15-/m1/s1. The van der Waals surface area contributed by atoms with E-state index in [2.05, 4.69) is 10.5 Å². The molecule has 0 unspecified atom stereocenters. The zero-order valence-corrected chi connectivity index (χ0v) is 14.0. The van der Waals surface area contributed by atoms with E-state index < -0.39 is 0 Å². The van der Waals surface area contributed by atoms with Crippen LogP contribution < -0.4 is 5.32 Å². The second-order valence-electron chi connectivity index (χ2n) is 6.61. The van der Waals surface area contributed by atoms with Gasteiger partial charge in [-0.15, -0.1) is 0 Å². The molecule has 2 fully saturated rings. The van der Waals surface area contributed by atoms with E-state index in [4.69, 9.17) is 14.0 Å². The lowest BCUT2D eigenvalue weighted by atomic mass is 9.55. The Morgan fingerprint density at radius 3 is 2.91 bits per heavy atom. The molecule has 2 aliphatic carbocycles. The Hall–Kier alpha value is -1.40. The maximum Gasteiger partial charge on any atom is 0.273 e. The van der Waals surface area contributed by atoms with Crippen LogP contribution in [0, 0.1) is 5.41 Å². The molecule has 128 valence electrons. The van der Waals surface area contributed by atoms with Gasteiger partial charge >= 0.3 is 0 Å². The Bertz CT molecular complexity index is 536. The van der Waals surface area contributed by atoms with Gasteiger partial charge in [0.2, 0.25) is 0 Å². The van der Waals surface area contributed by atoms with Gasteiger partial charge in [-0.05, 0) is 26.2 Å². The summed E-state index contributed by atoms with van der Waals surface area (Å²) in [5, 5.41) is 6.99. The van der Waals surface area contributed by atoms with Crippen LogP contribution in [0.4, 0.5) is 0 Å². The zero-order chi connectivity index (χ0) is 16.3. The SMILES string of the molecule is CCO[C@@H]1C[C@@H](NC(=O)c2cc(COC)on2)C12CCCCC2. The fourth-order valence-electron chi connectivity index (χ4n) is 4.13. The molecule has 0 bridgehead atoms. The largest absolute Gasteiger partial charge is 0.378 e. The van der Waals surface area contributed by atoms with Crippen LogP contribution in [0.2, 0.25) is 0 Å². The highest BCUT2D eigenvalue weighted by molar-refractivity contribution is 5.92. The molecule has 3 rings (SSSR count). The summed E-state index contributed by atoms with van der Waals surface area (Å²) in [6.07, 6.45) is 7.16. The molecule has 1 heterocycles. The Kier molecular flexibility index (Phi) is 5.02. The quantitative estimate of drug-likeness (QED) is 0.871. The number of aromatic nitrogens is 1. The highest BCUT2D eigenvalue weighted by Gasteiger charge is 2.56. The van der Waals surface area contributed by atoms with Gasteiger partial charge in [-0.1, -0.05) is 24.4 Å². The number of ether oxygens (including phenoxy) is 2. The minimum Gasteiger partial charge on any atom is -0.378 e. The number of nitrogens with zero attached hydrogens (tertiary/aromatic N) is 1. The van der Waals surface area contributed by atoms with Crippen molar-refractivity contribution in [3.05, 3.63) is 17.5 Å². The summed E-state index contributed by atoms with van der Waals surface area (Å²) in [6.45, 7) is 3.09. The molecule has 6 heteroatoms. The van der Waals surface area contributed by atoms with Crippen molar-refractivity contribution in [3.8, 4) is 0 Å². The van der Waals surface area contributed by atoms with E-state index in [0.29, 0.717) is 18.1 Å². The van der Waals surface area contributed by atoms with Crippen molar-refractivity contribution < 1.29 is 18.8 Å². The molecule has 0 aliphatic heterocycles. The lowest BCUT2D eigenvalue weighted by molar-refractivity contribution is -0.147. The predicted molar refractivity (Wildman–Crippen MR) is 84.0 cm³/mol. The minimum absolute atomic E-state index is 0.114. The third-order valence-corrected chi connectivity index (χ3v) is 5.32. The monoisotopic (exact) mass is 322 g/mol. The molecule has 1 N–H and O–H groups in total. The zero-order valence-electron chi connectivity index (χ0n) is 14.0. The van der Waals surface area contributed by atoms with Gasteiger partial charge in [-0.25, -0.2) is 0 Å². The van der Waals surface area contributed by atoms with Crippen molar-refractivity contribution in [2.75, 3.05) is 13.7 Å². The smallest absolute Gasteiger partial charge is 0.273 e. The van der Waals surface area contributed by atoms with Crippen molar-refractivity contribution >= 4 is 5.91 Å². The van der Waals surface area contributed by atoms with Crippen molar-refractivity contribution in [2.45, 2.75) is 64.2 Å². The summed E-state index contributed by atoms with van der Waals surface area (Å²) in [5.41, 5.74) is 0.436. The predicted octanol–water partition coefficient (Wildman–Crippen LogP) is 2.68. The molecule has 2 atom stereocenters. The molecule has 2 aliphatic rings. The van der Waals surface area contributed by atoms with Gasteiger partial charge in [0.15, 0.2) is 11.5 Å². The number of hydrogen-bond acceptors (Lipinski definition) is 5. The molecule has 23 heavy (non-hydrogen) atoms. The van der Waals surface area contributed by atoms with Crippen LogP contribution in [-0.2, 0) is 16.1 Å². The Balaban J connectivity index is 1.65. The molecule has 0 aromatic carbocycles. The number of carbonyl (C=O) groups is 1. The normalized spacial score (nSPS) is 26.0. The highest BCUT2D eigenvalue weighted by atomic mass is 16.5. The number of carbonyl (C=O) groups excluding carboxylic acids is 1. The number of methoxy groups -OCH3 is 1. The summed E-state index contributed by atoms with van der Waals surface area (Å²) in [6, 6.07) is 1.82. The van der Waals surface area contributed by atoms with E-state index in [1.54, 1.807) is 13.2 Å². The topological polar surface area (TPSA) is 73.6 Å². The molecule has 2 saturated carbocycles. The number of hydrogen-bond donors (Lipinski definition) is 1. The van der Waals surface area contributed by atoms with E-state index in [9.17, 15) is 4.79 Å². The fourth-order valence-corrected chi connectivity index (χ4v) is 4.13. The molecular weight excluding hydrogens is 296 g/mol. The van der Waals surface area contributed by atoms with Gasteiger partial charge in [-0.2, -0.15) is 0 Å². The van der Waals surface area contributed by atoms with E-state index >= 15 is 0 Å². The third-order valence-electron chi connectivity index (χ3n) is 5.32. The van der Waals surface area contributed by atoms with Crippen molar-refractivity contribution in [1.29, 1.82) is 0 Å². The first-order chi connectivity index (χ1) is 11.2. The Morgan fingerprint density at radius 1 is 1.43 bits per heavy atom. The van der Waals surface area contributed by atoms with Crippen LogP contribution in [0.3, 0.4) is 0 Å². The fraction of sp³-hybridized carbons (Fsp3) is 0.765. The second kappa shape index (κ2) is 7.01. The maximum atomic E-state index is 12.4. The van der Waals surface area contributed by atoms with E-state index in [1.165, 1.54) is 19.3 Å². The van der Waals surface area contributed by atoms with Crippen LogP contribution >= 0.6 is 0 Å². The van der Waals surface area contributed by atoms with E-state index in [-0.39, 0.29) is 23.5 Å². The minimum atomic E-state index is -0.166. The van der Waals surface area contributed by atoms with Crippen LogP contribution in [0.5, 0.6) is 0 Å². The number of nitrogens with one attached hydrogen (secondary N) is 1. The molecule has 0 radical (unpaired) electrons. The molecule has 1 spiro atoms. The maximum absolute atomic E-state index is 12.4. The first-order valence-electron chi connectivity index (χ1n) is 8.56. The van der Waals surface area contributed by atoms with Gasteiger partial charge in [0.25, 0.3) is 5.91 Å². The van der Waals surface area contributed by atoms with Gasteiger partial charge in [0, 0.05) is 31.2 Å². The third kappa shape index (κ3) is 3.15. The van der Waals surface area contributed by atoms with Crippen LogP contribution in [0.1, 0.15) is 61.7 Å². The van der Waals surface area contributed by atoms with E-state index in [0.717, 1.165) is 25.9 Å². The molecule has 1 aromatic heterocycles. The summed E-state index contributed by atoms with van der Waals surface area (Å²) in [4.78, 5) is 12.4. The second-order valence-corrected chi connectivity index (χ2v) is 6.61. The van der Waals surface area contributed by atoms with Gasteiger partial charge in [-0.3, -0.25) is 4.79 Å². The van der Waals surface area contributed by atoms with Crippen LogP contribution in [-0.4, -0.2) is 36.9 Å². The first kappa shape index (κ1) is 16.5. The van der Waals surface area contributed by atoms with Crippen molar-refractivity contribution in [2.24, 2.45) is 5.41 Å². The number of amides is 1. The van der Waals surface area contributed by atoms with Gasteiger partial charge in [0.1, 0.15) is 6.61 Å². The lowest BCUT2D eigenvalue weighted by Gasteiger charge is -2.57.